The molecule has 3 nitrogen and oxygen atoms in total. The summed E-state index contributed by atoms with van der Waals surface area (Å²) in [5.74, 6) is 0. The largest absolute Gasteiger partial charge is 0.389 e. The van der Waals surface area contributed by atoms with Crippen molar-refractivity contribution < 1.29 is 9.84 Å². The highest BCUT2D eigenvalue weighted by Gasteiger charge is 2.17. The average Bonchev–Trinajstić information content (AvgIpc) is 2.96. The van der Waals surface area contributed by atoms with Crippen LogP contribution in [0.3, 0.4) is 0 Å². The lowest BCUT2D eigenvalue weighted by atomic mass is 10.0. The predicted molar refractivity (Wildman–Crippen MR) is 81.8 cm³/mol. The van der Waals surface area contributed by atoms with E-state index in [9.17, 15) is 5.11 Å². The third kappa shape index (κ3) is 4.58. The Morgan fingerprint density at radius 1 is 1.30 bits per heavy atom. The summed E-state index contributed by atoms with van der Waals surface area (Å²) in [5, 5.41) is 13.4. The van der Waals surface area contributed by atoms with E-state index < -0.39 is 6.10 Å². The maximum Gasteiger partial charge on any atom is 0.0898 e. The van der Waals surface area contributed by atoms with Crippen LogP contribution in [0.5, 0.6) is 0 Å². The Labute approximate surface area is 122 Å². The van der Waals surface area contributed by atoms with Crippen LogP contribution in [0.2, 0.25) is 0 Å². The number of aliphatic hydroxyl groups is 1. The summed E-state index contributed by atoms with van der Waals surface area (Å²) in [6.07, 6.45) is 4.78. The van der Waals surface area contributed by atoms with Gasteiger partial charge >= 0.3 is 0 Å². The molecule has 2 N–H and O–H groups in total. The van der Waals surface area contributed by atoms with E-state index in [2.05, 4.69) is 43.4 Å². The first kappa shape index (κ1) is 15.5. The van der Waals surface area contributed by atoms with Crippen LogP contribution in [0.25, 0.3) is 0 Å². The van der Waals surface area contributed by atoms with Gasteiger partial charge in [0, 0.05) is 12.6 Å². The fourth-order valence-electron chi connectivity index (χ4n) is 2.86. The highest BCUT2D eigenvalue weighted by Crippen LogP contribution is 2.21. The molecule has 2 rings (SSSR count). The predicted octanol–water partition coefficient (Wildman–Crippen LogP) is 2.97. The second-order valence-corrected chi connectivity index (χ2v) is 5.88. The fourth-order valence-corrected chi connectivity index (χ4v) is 2.86. The third-order valence-electron chi connectivity index (χ3n) is 4.14. The quantitative estimate of drug-likeness (QED) is 0.805. The van der Waals surface area contributed by atoms with Gasteiger partial charge < -0.3 is 15.2 Å². The van der Waals surface area contributed by atoms with E-state index in [-0.39, 0.29) is 6.04 Å². The van der Waals surface area contributed by atoms with Crippen molar-refractivity contribution in [3.63, 3.8) is 0 Å². The molecule has 0 spiro atoms. The topological polar surface area (TPSA) is 41.5 Å². The molecule has 1 fully saturated rings. The van der Waals surface area contributed by atoms with E-state index in [4.69, 9.17) is 4.74 Å². The molecular formula is C17H27NO2. The van der Waals surface area contributed by atoms with Crippen LogP contribution >= 0.6 is 0 Å². The van der Waals surface area contributed by atoms with Gasteiger partial charge in [0.15, 0.2) is 0 Å². The zero-order valence-electron chi connectivity index (χ0n) is 12.6. The van der Waals surface area contributed by atoms with Gasteiger partial charge in [0.25, 0.3) is 0 Å². The van der Waals surface area contributed by atoms with Gasteiger partial charge in [-0.2, -0.15) is 0 Å². The van der Waals surface area contributed by atoms with Crippen LogP contribution in [-0.4, -0.2) is 30.5 Å². The van der Waals surface area contributed by atoms with Gasteiger partial charge in [-0.05, 0) is 37.8 Å². The van der Waals surface area contributed by atoms with Gasteiger partial charge in [0.1, 0.15) is 0 Å². The van der Waals surface area contributed by atoms with Gasteiger partial charge in [-0.15, -0.1) is 0 Å². The van der Waals surface area contributed by atoms with Gasteiger partial charge in [-0.1, -0.05) is 37.1 Å². The number of nitrogens with one attached hydrogen (secondary N) is 1. The Bertz CT molecular complexity index is 402. The van der Waals surface area contributed by atoms with Crippen LogP contribution in [0.4, 0.5) is 0 Å². The molecule has 20 heavy (non-hydrogen) atoms. The molecule has 0 radical (unpaired) electrons. The van der Waals surface area contributed by atoms with Gasteiger partial charge in [0.05, 0.1) is 18.8 Å². The van der Waals surface area contributed by atoms with E-state index in [0.29, 0.717) is 19.3 Å². The Hall–Kier alpha value is -0.900. The summed E-state index contributed by atoms with van der Waals surface area (Å²) >= 11 is 0. The van der Waals surface area contributed by atoms with Gasteiger partial charge in [0.2, 0.25) is 0 Å². The Morgan fingerprint density at radius 3 is 2.70 bits per heavy atom. The van der Waals surface area contributed by atoms with Crippen LogP contribution < -0.4 is 5.32 Å². The first-order chi connectivity index (χ1) is 9.66. The molecule has 0 saturated heterocycles. The minimum absolute atomic E-state index is 0.248. The maximum absolute atomic E-state index is 9.99. The van der Waals surface area contributed by atoms with Crippen molar-refractivity contribution in [1.29, 1.82) is 0 Å². The Kier molecular flexibility index (Phi) is 6.02. The number of hydrogen-bond donors (Lipinski definition) is 2. The maximum atomic E-state index is 9.99. The number of aliphatic hydroxyl groups excluding tert-OH is 1. The summed E-state index contributed by atoms with van der Waals surface area (Å²) in [4.78, 5) is 0. The number of aryl methyl sites for hydroxylation is 1. The molecule has 1 saturated carbocycles. The van der Waals surface area contributed by atoms with Gasteiger partial charge in [-0.25, -0.2) is 0 Å². The van der Waals surface area contributed by atoms with Crippen molar-refractivity contribution >= 4 is 0 Å². The van der Waals surface area contributed by atoms with E-state index in [0.717, 1.165) is 12.8 Å². The second kappa shape index (κ2) is 7.77. The van der Waals surface area contributed by atoms with E-state index in [1.165, 1.54) is 24.0 Å². The molecule has 1 aromatic rings. The normalized spacial score (nSPS) is 19.1. The van der Waals surface area contributed by atoms with Crippen molar-refractivity contribution in [2.45, 2.75) is 57.8 Å². The molecule has 0 amide bonds. The summed E-state index contributed by atoms with van der Waals surface area (Å²) in [7, 11) is 0. The van der Waals surface area contributed by atoms with E-state index in [1.807, 2.05) is 0 Å². The molecule has 0 heterocycles. The SMILES string of the molecule is Cc1ccccc1C(C)NCC(O)COC1CCCC1. The molecular weight excluding hydrogens is 250 g/mol. The average molecular weight is 277 g/mol. The highest BCUT2D eigenvalue weighted by molar-refractivity contribution is 5.28. The molecule has 112 valence electrons. The summed E-state index contributed by atoms with van der Waals surface area (Å²) < 4.78 is 5.74. The Balaban J connectivity index is 1.69. The first-order valence-electron chi connectivity index (χ1n) is 7.75. The molecule has 0 aliphatic heterocycles. The van der Waals surface area contributed by atoms with E-state index in [1.54, 1.807) is 0 Å². The van der Waals surface area contributed by atoms with Crippen LogP contribution in [0.15, 0.2) is 24.3 Å². The molecule has 0 bridgehead atoms. The van der Waals surface area contributed by atoms with Crippen molar-refractivity contribution in [2.24, 2.45) is 0 Å². The van der Waals surface area contributed by atoms with Crippen molar-refractivity contribution in [3.8, 4) is 0 Å². The number of benzene rings is 1. The van der Waals surface area contributed by atoms with Crippen molar-refractivity contribution in [2.75, 3.05) is 13.2 Å². The van der Waals surface area contributed by atoms with Crippen molar-refractivity contribution in [3.05, 3.63) is 35.4 Å². The molecule has 3 heteroatoms. The standard InChI is InChI=1S/C17H27NO2/c1-13-7-3-6-10-17(13)14(2)18-11-15(19)12-20-16-8-4-5-9-16/h3,6-7,10,14-16,18-19H,4-5,8-9,11-12H2,1-2H3. The van der Waals surface area contributed by atoms with Crippen molar-refractivity contribution in [1.82, 2.24) is 5.32 Å². The number of rotatable bonds is 7. The first-order valence-corrected chi connectivity index (χ1v) is 7.75. The number of hydrogen-bond acceptors (Lipinski definition) is 3. The molecule has 2 atom stereocenters. The highest BCUT2D eigenvalue weighted by atomic mass is 16.5. The lowest BCUT2D eigenvalue weighted by Gasteiger charge is -2.20. The third-order valence-corrected chi connectivity index (χ3v) is 4.14. The van der Waals surface area contributed by atoms with E-state index >= 15 is 0 Å². The lowest BCUT2D eigenvalue weighted by Crippen LogP contribution is -2.33. The summed E-state index contributed by atoms with van der Waals surface area (Å²) in [6.45, 7) is 5.26. The van der Waals surface area contributed by atoms with Gasteiger partial charge in [-0.3, -0.25) is 0 Å². The molecule has 1 aliphatic rings. The smallest absolute Gasteiger partial charge is 0.0898 e. The zero-order chi connectivity index (χ0) is 14.4. The minimum atomic E-state index is -0.429. The lowest BCUT2D eigenvalue weighted by molar-refractivity contribution is -0.00610. The monoisotopic (exact) mass is 277 g/mol. The van der Waals surface area contributed by atoms with Crippen LogP contribution in [0, 0.1) is 6.92 Å². The Morgan fingerprint density at radius 2 is 2.00 bits per heavy atom. The number of ether oxygens (including phenoxy) is 1. The van der Waals surface area contributed by atoms with Crippen LogP contribution in [-0.2, 0) is 4.74 Å². The molecule has 1 aromatic carbocycles. The molecule has 1 aliphatic carbocycles. The molecule has 2 unspecified atom stereocenters. The fraction of sp³-hybridized carbons (Fsp3) is 0.647. The molecule has 0 aromatic heterocycles. The van der Waals surface area contributed by atoms with Crippen LogP contribution in [0.1, 0.15) is 49.8 Å². The summed E-state index contributed by atoms with van der Waals surface area (Å²) in [6, 6.07) is 8.61. The zero-order valence-corrected chi connectivity index (χ0v) is 12.6. The second-order valence-electron chi connectivity index (χ2n) is 5.88. The minimum Gasteiger partial charge on any atom is -0.389 e. The summed E-state index contributed by atoms with van der Waals surface area (Å²) in [5.41, 5.74) is 2.57.